The summed E-state index contributed by atoms with van der Waals surface area (Å²) in [6.45, 7) is 3.53. The minimum Gasteiger partial charge on any atom is -0.379 e. The first kappa shape index (κ1) is 19.0. The SMILES string of the molecule is CN(C)c1ccc(C=Nc2ccc3c(c2)[C@H](N2CCOCC2)c2ccccc2-3)cc1. The van der Waals surface area contributed by atoms with E-state index in [9.17, 15) is 0 Å². The van der Waals surface area contributed by atoms with Gasteiger partial charge in [0.2, 0.25) is 0 Å². The zero-order chi connectivity index (χ0) is 20.5. The summed E-state index contributed by atoms with van der Waals surface area (Å²) in [6.07, 6.45) is 1.95. The maximum atomic E-state index is 5.60. The molecule has 5 rings (SSSR count). The van der Waals surface area contributed by atoms with Crippen LogP contribution in [0.25, 0.3) is 11.1 Å². The smallest absolute Gasteiger partial charge is 0.0633 e. The number of ether oxygens (including phenoxy) is 1. The summed E-state index contributed by atoms with van der Waals surface area (Å²) in [6, 6.07) is 24.2. The molecule has 0 N–H and O–H groups in total. The number of hydrogen-bond donors (Lipinski definition) is 0. The summed E-state index contributed by atoms with van der Waals surface area (Å²) >= 11 is 0. The molecular formula is C26H27N3O. The maximum absolute atomic E-state index is 5.60. The fourth-order valence-electron chi connectivity index (χ4n) is 4.49. The average Bonchev–Trinajstić information content (AvgIpc) is 3.12. The van der Waals surface area contributed by atoms with Crippen LogP contribution in [-0.4, -0.2) is 51.5 Å². The summed E-state index contributed by atoms with van der Waals surface area (Å²) in [5.74, 6) is 0. The number of morpholine rings is 1. The molecule has 0 unspecified atom stereocenters. The van der Waals surface area contributed by atoms with Crippen molar-refractivity contribution in [1.82, 2.24) is 4.90 Å². The van der Waals surface area contributed by atoms with Crippen LogP contribution in [0.2, 0.25) is 0 Å². The van der Waals surface area contributed by atoms with Crippen molar-refractivity contribution in [2.75, 3.05) is 45.3 Å². The third-order valence-corrected chi connectivity index (χ3v) is 6.06. The molecule has 1 aliphatic carbocycles. The van der Waals surface area contributed by atoms with Crippen LogP contribution in [0.15, 0.2) is 71.7 Å². The van der Waals surface area contributed by atoms with E-state index in [0.717, 1.165) is 37.6 Å². The number of rotatable bonds is 4. The predicted octanol–water partition coefficient (Wildman–Crippen LogP) is 4.91. The Morgan fingerprint density at radius 3 is 2.40 bits per heavy atom. The first-order valence-corrected chi connectivity index (χ1v) is 10.6. The Morgan fingerprint density at radius 2 is 1.63 bits per heavy atom. The molecule has 0 radical (unpaired) electrons. The Balaban J connectivity index is 1.47. The quantitative estimate of drug-likeness (QED) is 0.586. The fourth-order valence-corrected chi connectivity index (χ4v) is 4.49. The molecule has 4 nitrogen and oxygen atoms in total. The highest BCUT2D eigenvalue weighted by molar-refractivity contribution is 5.84. The van der Waals surface area contributed by atoms with E-state index in [2.05, 4.69) is 90.6 Å². The molecule has 0 bridgehead atoms. The van der Waals surface area contributed by atoms with E-state index in [1.54, 1.807) is 0 Å². The number of fused-ring (bicyclic) bond motifs is 3. The highest BCUT2D eigenvalue weighted by Gasteiger charge is 2.33. The molecule has 4 heteroatoms. The number of nitrogens with zero attached hydrogens (tertiary/aromatic N) is 3. The molecule has 0 saturated carbocycles. The molecule has 3 aromatic carbocycles. The van der Waals surface area contributed by atoms with Crippen molar-refractivity contribution < 1.29 is 4.74 Å². The second kappa shape index (κ2) is 8.05. The minimum absolute atomic E-state index is 0.287. The molecule has 0 aromatic heterocycles. The number of anilines is 1. The molecule has 152 valence electrons. The summed E-state index contributed by atoms with van der Waals surface area (Å²) in [4.78, 5) is 9.43. The van der Waals surface area contributed by atoms with Gasteiger partial charge in [0.1, 0.15) is 0 Å². The topological polar surface area (TPSA) is 28.1 Å². The van der Waals surface area contributed by atoms with Gasteiger partial charge in [0, 0.05) is 39.1 Å². The summed E-state index contributed by atoms with van der Waals surface area (Å²) < 4.78 is 5.60. The Bertz CT molecular complexity index is 1070. The van der Waals surface area contributed by atoms with Gasteiger partial charge >= 0.3 is 0 Å². The van der Waals surface area contributed by atoms with Crippen molar-refractivity contribution in [3.8, 4) is 11.1 Å². The van der Waals surface area contributed by atoms with E-state index in [1.807, 2.05) is 6.21 Å². The average molecular weight is 398 g/mol. The van der Waals surface area contributed by atoms with E-state index in [1.165, 1.54) is 27.9 Å². The maximum Gasteiger partial charge on any atom is 0.0633 e. The molecule has 1 aliphatic heterocycles. The van der Waals surface area contributed by atoms with Crippen LogP contribution in [0.5, 0.6) is 0 Å². The Hall–Kier alpha value is -2.95. The van der Waals surface area contributed by atoms with Crippen molar-refractivity contribution in [3.63, 3.8) is 0 Å². The predicted molar refractivity (Wildman–Crippen MR) is 124 cm³/mol. The van der Waals surface area contributed by atoms with Gasteiger partial charge in [0.15, 0.2) is 0 Å². The first-order chi connectivity index (χ1) is 14.7. The van der Waals surface area contributed by atoms with E-state index in [0.29, 0.717) is 0 Å². The molecule has 3 aromatic rings. The van der Waals surface area contributed by atoms with Crippen molar-refractivity contribution in [2.45, 2.75) is 6.04 Å². The zero-order valence-corrected chi connectivity index (χ0v) is 17.6. The molecule has 1 atom stereocenters. The van der Waals surface area contributed by atoms with Crippen LogP contribution in [0, 0.1) is 0 Å². The lowest BCUT2D eigenvalue weighted by atomic mass is 10.0. The van der Waals surface area contributed by atoms with Crippen molar-refractivity contribution in [1.29, 1.82) is 0 Å². The second-order valence-corrected chi connectivity index (χ2v) is 8.15. The van der Waals surface area contributed by atoms with Gasteiger partial charge in [0.25, 0.3) is 0 Å². The van der Waals surface area contributed by atoms with Crippen LogP contribution in [-0.2, 0) is 4.74 Å². The Morgan fingerprint density at radius 1 is 0.900 bits per heavy atom. The Kier molecular flexibility index (Phi) is 5.11. The molecule has 30 heavy (non-hydrogen) atoms. The molecule has 2 aliphatic rings. The molecule has 1 saturated heterocycles. The van der Waals surface area contributed by atoms with Gasteiger partial charge in [-0.25, -0.2) is 0 Å². The molecule has 0 spiro atoms. The summed E-state index contributed by atoms with van der Waals surface area (Å²) in [5.41, 5.74) is 8.72. The third kappa shape index (κ3) is 3.53. The van der Waals surface area contributed by atoms with Crippen LogP contribution >= 0.6 is 0 Å². The van der Waals surface area contributed by atoms with Crippen molar-refractivity contribution in [3.05, 3.63) is 83.4 Å². The van der Waals surface area contributed by atoms with Crippen LogP contribution in [0.3, 0.4) is 0 Å². The lowest BCUT2D eigenvalue weighted by Gasteiger charge is -2.33. The van der Waals surface area contributed by atoms with Crippen LogP contribution in [0.4, 0.5) is 11.4 Å². The Labute approximate surface area is 178 Å². The van der Waals surface area contributed by atoms with Gasteiger partial charge in [0.05, 0.1) is 24.9 Å². The van der Waals surface area contributed by atoms with Crippen LogP contribution in [0.1, 0.15) is 22.7 Å². The monoisotopic (exact) mass is 397 g/mol. The van der Waals surface area contributed by atoms with Crippen molar-refractivity contribution >= 4 is 17.6 Å². The molecular weight excluding hydrogens is 370 g/mol. The minimum atomic E-state index is 0.287. The van der Waals surface area contributed by atoms with E-state index >= 15 is 0 Å². The van der Waals surface area contributed by atoms with Crippen molar-refractivity contribution in [2.24, 2.45) is 4.99 Å². The van der Waals surface area contributed by atoms with Gasteiger partial charge in [-0.1, -0.05) is 42.5 Å². The summed E-state index contributed by atoms with van der Waals surface area (Å²) in [5, 5.41) is 0. The fraction of sp³-hybridized carbons (Fsp3) is 0.269. The molecule has 0 amide bonds. The summed E-state index contributed by atoms with van der Waals surface area (Å²) in [7, 11) is 4.10. The lowest BCUT2D eigenvalue weighted by Crippen LogP contribution is -2.38. The lowest BCUT2D eigenvalue weighted by molar-refractivity contribution is 0.0247. The van der Waals surface area contributed by atoms with E-state index in [4.69, 9.17) is 9.73 Å². The second-order valence-electron chi connectivity index (χ2n) is 8.15. The van der Waals surface area contributed by atoms with Gasteiger partial charge in [-0.15, -0.1) is 0 Å². The zero-order valence-electron chi connectivity index (χ0n) is 17.6. The third-order valence-electron chi connectivity index (χ3n) is 6.06. The van der Waals surface area contributed by atoms with Gasteiger partial charge < -0.3 is 9.64 Å². The van der Waals surface area contributed by atoms with Gasteiger partial charge in [-0.05, 0) is 52.1 Å². The van der Waals surface area contributed by atoms with Gasteiger partial charge in [-0.2, -0.15) is 0 Å². The first-order valence-electron chi connectivity index (χ1n) is 10.6. The van der Waals surface area contributed by atoms with E-state index in [-0.39, 0.29) is 6.04 Å². The number of benzene rings is 3. The highest BCUT2D eigenvalue weighted by Crippen LogP contribution is 2.47. The van der Waals surface area contributed by atoms with E-state index < -0.39 is 0 Å². The molecule has 1 fully saturated rings. The largest absolute Gasteiger partial charge is 0.379 e. The number of aliphatic imine (C=N–C) groups is 1. The van der Waals surface area contributed by atoms with Crippen LogP contribution < -0.4 is 4.90 Å². The normalized spacial score (nSPS) is 18.4. The standard InChI is InChI=1S/C26H27N3O/c1-28(2)21-10-7-19(8-11-21)18-27-20-9-12-23-22-5-3-4-6-24(22)26(25(23)17-20)29-13-15-30-16-14-29/h3-12,17-18,26H,13-16H2,1-2H3/t26-/m1/s1. The van der Waals surface area contributed by atoms with Gasteiger partial charge in [-0.3, -0.25) is 9.89 Å². The highest BCUT2D eigenvalue weighted by atomic mass is 16.5. The number of hydrogen-bond acceptors (Lipinski definition) is 4. The molecule has 1 heterocycles.